The van der Waals surface area contributed by atoms with Crippen molar-refractivity contribution < 1.29 is 14.3 Å². The fraction of sp³-hybridized carbons (Fsp3) is 0.333. The molecule has 0 saturated carbocycles. The second-order valence-electron chi connectivity index (χ2n) is 3.65. The third-order valence-corrected chi connectivity index (χ3v) is 4.19. The van der Waals surface area contributed by atoms with Crippen LogP contribution < -0.4 is 0 Å². The minimum absolute atomic E-state index is 0.324. The van der Waals surface area contributed by atoms with Crippen molar-refractivity contribution in [2.24, 2.45) is 4.40 Å². The Bertz CT molecular complexity index is 497. The lowest BCUT2D eigenvalue weighted by atomic mass is 10.2. The fourth-order valence-electron chi connectivity index (χ4n) is 1.52. The van der Waals surface area contributed by atoms with Gasteiger partial charge in [0.2, 0.25) is 0 Å². The molecular weight excluding hydrogens is 284 g/mol. The molecule has 0 fully saturated rings. The van der Waals surface area contributed by atoms with Gasteiger partial charge in [0.05, 0.1) is 43.0 Å². The highest BCUT2D eigenvalue weighted by Gasteiger charge is 2.22. The summed E-state index contributed by atoms with van der Waals surface area (Å²) in [6.45, 7) is 1.29. The molecular formula is C12H14N2O3S2. The van der Waals surface area contributed by atoms with Gasteiger partial charge in [0.25, 0.3) is 0 Å². The van der Waals surface area contributed by atoms with E-state index in [-0.39, 0.29) is 0 Å². The smallest absolute Gasteiger partial charge is 0.357 e. The van der Waals surface area contributed by atoms with E-state index in [4.69, 9.17) is 9.47 Å². The monoisotopic (exact) mass is 298 g/mol. The molecule has 1 aromatic heterocycles. The number of hydrogen-bond acceptors (Lipinski definition) is 7. The molecule has 5 nitrogen and oxygen atoms in total. The van der Waals surface area contributed by atoms with Crippen LogP contribution in [-0.2, 0) is 14.3 Å². The molecule has 0 atom stereocenters. The molecule has 0 radical (unpaired) electrons. The standard InChI is InChI=1S/C12H14N2O3S2/c1-16-6-5-14-10(11-4-3-7-18-11)8-9(13-19-14)12(15)17-2/h3-4,7-8H,5-6H2,1-2H3. The van der Waals surface area contributed by atoms with Crippen LogP contribution in [0.15, 0.2) is 28.0 Å². The predicted octanol–water partition coefficient (Wildman–Crippen LogP) is 2.23. The molecule has 0 aliphatic carbocycles. The van der Waals surface area contributed by atoms with Crippen molar-refractivity contribution in [1.29, 1.82) is 0 Å². The molecule has 2 rings (SSSR count). The van der Waals surface area contributed by atoms with Crippen LogP contribution in [0.5, 0.6) is 0 Å². The van der Waals surface area contributed by atoms with Crippen LogP contribution in [0.1, 0.15) is 4.88 Å². The highest BCUT2D eigenvalue weighted by molar-refractivity contribution is 7.96. The van der Waals surface area contributed by atoms with Gasteiger partial charge in [-0.05, 0) is 17.5 Å². The van der Waals surface area contributed by atoms with Gasteiger partial charge < -0.3 is 9.47 Å². The summed E-state index contributed by atoms with van der Waals surface area (Å²) in [5.41, 5.74) is 1.28. The minimum atomic E-state index is -0.423. The highest BCUT2D eigenvalue weighted by atomic mass is 32.2. The Morgan fingerprint density at radius 2 is 2.32 bits per heavy atom. The second kappa shape index (κ2) is 6.74. The van der Waals surface area contributed by atoms with Gasteiger partial charge in [0.1, 0.15) is 0 Å². The third-order valence-electron chi connectivity index (χ3n) is 2.45. The van der Waals surface area contributed by atoms with E-state index in [0.717, 1.165) is 10.6 Å². The Hall–Kier alpha value is -1.31. The Morgan fingerprint density at radius 3 is 2.95 bits per heavy atom. The molecule has 1 aromatic rings. The fourth-order valence-corrected chi connectivity index (χ4v) is 3.04. The van der Waals surface area contributed by atoms with Crippen LogP contribution in [-0.4, -0.2) is 43.4 Å². The minimum Gasteiger partial charge on any atom is -0.464 e. The number of thiophene rings is 1. The Labute approximate surface area is 120 Å². The number of carbonyl (C=O) groups excluding carboxylic acids is 1. The van der Waals surface area contributed by atoms with E-state index >= 15 is 0 Å². The van der Waals surface area contributed by atoms with E-state index in [1.807, 2.05) is 21.8 Å². The van der Waals surface area contributed by atoms with E-state index < -0.39 is 5.97 Å². The summed E-state index contributed by atoms with van der Waals surface area (Å²) in [4.78, 5) is 12.6. The summed E-state index contributed by atoms with van der Waals surface area (Å²) in [5.74, 6) is -0.423. The summed E-state index contributed by atoms with van der Waals surface area (Å²) in [5, 5.41) is 2.00. The first kappa shape index (κ1) is 14.1. The maximum absolute atomic E-state index is 11.6. The average molecular weight is 298 g/mol. The molecule has 0 spiro atoms. The number of rotatable bonds is 5. The van der Waals surface area contributed by atoms with E-state index in [2.05, 4.69) is 4.40 Å². The molecule has 0 aromatic carbocycles. The Balaban J connectivity index is 2.25. The summed E-state index contributed by atoms with van der Waals surface area (Å²) in [6.07, 6.45) is 1.75. The van der Waals surface area contributed by atoms with Crippen molar-refractivity contribution in [2.75, 3.05) is 27.4 Å². The number of esters is 1. The molecule has 102 valence electrons. The number of carbonyl (C=O) groups is 1. The lowest BCUT2D eigenvalue weighted by Crippen LogP contribution is -2.24. The molecule has 7 heteroatoms. The lowest BCUT2D eigenvalue weighted by Gasteiger charge is -2.25. The van der Waals surface area contributed by atoms with Crippen LogP contribution in [0, 0.1) is 0 Å². The van der Waals surface area contributed by atoms with Crippen molar-refractivity contribution >= 4 is 40.8 Å². The van der Waals surface area contributed by atoms with Crippen LogP contribution in [0.2, 0.25) is 0 Å². The van der Waals surface area contributed by atoms with E-state index in [1.54, 1.807) is 24.5 Å². The maximum atomic E-state index is 11.6. The third kappa shape index (κ3) is 3.37. The van der Waals surface area contributed by atoms with Crippen molar-refractivity contribution in [2.45, 2.75) is 0 Å². The van der Waals surface area contributed by atoms with Gasteiger partial charge in [-0.1, -0.05) is 6.07 Å². The molecule has 0 amide bonds. The zero-order valence-electron chi connectivity index (χ0n) is 10.7. The molecule has 0 unspecified atom stereocenters. The van der Waals surface area contributed by atoms with Gasteiger partial charge in [-0.25, -0.2) is 4.79 Å². The van der Waals surface area contributed by atoms with Gasteiger partial charge in [-0.15, -0.1) is 11.3 Å². The first-order valence-electron chi connectivity index (χ1n) is 5.61. The molecule has 2 heterocycles. The number of ether oxygens (including phenoxy) is 2. The summed E-state index contributed by atoms with van der Waals surface area (Å²) >= 11 is 2.86. The largest absolute Gasteiger partial charge is 0.464 e. The molecule has 1 aliphatic heterocycles. The maximum Gasteiger partial charge on any atom is 0.357 e. The lowest BCUT2D eigenvalue weighted by molar-refractivity contribution is -0.132. The summed E-state index contributed by atoms with van der Waals surface area (Å²) in [6, 6.07) is 3.99. The van der Waals surface area contributed by atoms with Gasteiger partial charge in [0, 0.05) is 7.11 Å². The first-order chi connectivity index (χ1) is 9.26. The van der Waals surface area contributed by atoms with E-state index in [1.165, 1.54) is 19.2 Å². The molecule has 19 heavy (non-hydrogen) atoms. The number of methoxy groups -OCH3 is 2. The van der Waals surface area contributed by atoms with Gasteiger partial charge in [-0.2, -0.15) is 4.40 Å². The second-order valence-corrected chi connectivity index (χ2v) is 5.39. The average Bonchev–Trinajstić information content (AvgIpc) is 2.98. The summed E-state index contributed by atoms with van der Waals surface area (Å²) in [7, 11) is 3.01. The molecule has 0 saturated heterocycles. The predicted molar refractivity (Wildman–Crippen MR) is 77.9 cm³/mol. The van der Waals surface area contributed by atoms with Crippen LogP contribution >= 0.6 is 23.5 Å². The normalized spacial score (nSPS) is 14.9. The number of hydrogen-bond donors (Lipinski definition) is 0. The SMILES string of the molecule is COCCN1SN=C(C(=O)OC)C=C1c1cccs1. The van der Waals surface area contributed by atoms with Crippen molar-refractivity contribution in [3.8, 4) is 0 Å². The van der Waals surface area contributed by atoms with E-state index in [0.29, 0.717) is 18.9 Å². The Kier molecular flexibility index (Phi) is 5.00. The first-order valence-corrected chi connectivity index (χ1v) is 7.22. The zero-order valence-corrected chi connectivity index (χ0v) is 12.3. The molecule has 0 N–H and O–H groups in total. The topological polar surface area (TPSA) is 51.1 Å². The number of nitrogens with zero attached hydrogens (tertiary/aromatic N) is 2. The Morgan fingerprint density at radius 1 is 1.47 bits per heavy atom. The van der Waals surface area contributed by atoms with Crippen LogP contribution in [0.4, 0.5) is 0 Å². The van der Waals surface area contributed by atoms with Gasteiger partial charge in [-0.3, -0.25) is 4.31 Å². The molecule has 0 bridgehead atoms. The van der Waals surface area contributed by atoms with Crippen molar-refractivity contribution in [1.82, 2.24) is 4.31 Å². The van der Waals surface area contributed by atoms with Crippen molar-refractivity contribution in [3.05, 3.63) is 28.5 Å². The van der Waals surface area contributed by atoms with Crippen molar-refractivity contribution in [3.63, 3.8) is 0 Å². The zero-order chi connectivity index (χ0) is 13.7. The summed E-state index contributed by atoms with van der Waals surface area (Å²) < 4.78 is 15.9. The van der Waals surface area contributed by atoms with Crippen LogP contribution in [0.25, 0.3) is 5.70 Å². The van der Waals surface area contributed by atoms with E-state index in [9.17, 15) is 4.79 Å². The molecule has 1 aliphatic rings. The van der Waals surface area contributed by atoms with Gasteiger partial charge >= 0.3 is 5.97 Å². The highest BCUT2D eigenvalue weighted by Crippen LogP contribution is 2.33. The van der Waals surface area contributed by atoms with Gasteiger partial charge in [0.15, 0.2) is 5.71 Å². The van der Waals surface area contributed by atoms with Crippen LogP contribution in [0.3, 0.4) is 0 Å². The quantitative estimate of drug-likeness (QED) is 0.616.